The molecule has 25 heavy (non-hydrogen) atoms. The van der Waals surface area contributed by atoms with Gasteiger partial charge in [0.05, 0.1) is 4.47 Å². The Morgan fingerprint density at radius 1 is 1.36 bits per heavy atom. The number of nitrogens with two attached hydrogens (primary N) is 1. The lowest BCUT2D eigenvalue weighted by Gasteiger charge is -2.40. The van der Waals surface area contributed by atoms with Crippen LogP contribution in [-0.4, -0.2) is 40.3 Å². The molecular formula is C17H30BrN5O2. The molecule has 0 aromatic carbocycles. The van der Waals surface area contributed by atoms with Gasteiger partial charge < -0.3 is 20.7 Å². The number of piperidine rings is 1. The molecule has 7 nitrogen and oxygen atoms in total. The molecule has 1 aromatic heterocycles. The lowest BCUT2D eigenvalue weighted by atomic mass is 9.90. The predicted molar refractivity (Wildman–Crippen MR) is 105 cm³/mol. The van der Waals surface area contributed by atoms with Crippen molar-refractivity contribution in [2.24, 2.45) is 0 Å². The van der Waals surface area contributed by atoms with Gasteiger partial charge in [-0.05, 0) is 56.5 Å². The van der Waals surface area contributed by atoms with E-state index >= 15 is 0 Å². The summed E-state index contributed by atoms with van der Waals surface area (Å²) in [5.41, 5.74) is 5.02. The van der Waals surface area contributed by atoms with Crippen molar-refractivity contribution in [1.29, 1.82) is 0 Å². The average Bonchev–Trinajstić information content (AvgIpc) is 2.50. The first-order chi connectivity index (χ1) is 11.6. The summed E-state index contributed by atoms with van der Waals surface area (Å²) in [6, 6.07) is 0. The zero-order valence-electron chi connectivity index (χ0n) is 16.0. The molecule has 0 radical (unpaired) electrons. The quantitative estimate of drug-likeness (QED) is 0.763. The Bertz CT molecular complexity index is 581. The summed E-state index contributed by atoms with van der Waals surface area (Å²) in [5.74, 6) is 1.04. The van der Waals surface area contributed by atoms with Crippen LogP contribution in [0.15, 0.2) is 10.7 Å². The van der Waals surface area contributed by atoms with Crippen LogP contribution in [0.25, 0.3) is 0 Å². The van der Waals surface area contributed by atoms with E-state index in [0.29, 0.717) is 16.2 Å². The van der Waals surface area contributed by atoms with Crippen molar-refractivity contribution in [3.63, 3.8) is 0 Å². The molecule has 3 N–H and O–H groups in total. The number of anilines is 2. The second-order valence-electron chi connectivity index (χ2n) is 7.08. The van der Waals surface area contributed by atoms with E-state index in [-0.39, 0.29) is 11.6 Å². The van der Waals surface area contributed by atoms with E-state index in [0.717, 1.165) is 25.9 Å². The smallest absolute Gasteiger partial charge is 0.408 e. The van der Waals surface area contributed by atoms with Crippen LogP contribution in [0.1, 0.15) is 54.4 Å². The molecule has 1 aliphatic rings. The van der Waals surface area contributed by atoms with Crippen molar-refractivity contribution >= 4 is 33.8 Å². The molecule has 1 aromatic rings. The summed E-state index contributed by atoms with van der Waals surface area (Å²) in [6.07, 6.45) is 2.85. The molecule has 1 amide bonds. The number of amides is 1. The van der Waals surface area contributed by atoms with Gasteiger partial charge in [0, 0.05) is 24.8 Å². The fourth-order valence-electron chi connectivity index (χ4n) is 2.40. The highest BCUT2D eigenvalue weighted by atomic mass is 79.9. The lowest BCUT2D eigenvalue weighted by Crippen LogP contribution is -2.54. The van der Waals surface area contributed by atoms with Gasteiger partial charge in [-0.15, -0.1) is 0 Å². The fraction of sp³-hybridized carbons (Fsp3) is 0.706. The molecule has 0 spiro atoms. The standard InChI is InChI=1S/C15H24BrN5O2.C2H6/c1-14(2,3)23-13(22)20-15(4)5-7-21(8-6-15)12-18-9-10(16)11(17)19-12;1-2/h9H,5-8H2,1-4H3,(H,20,22)(H2,17,18,19);1-2H3. The second kappa shape index (κ2) is 8.69. The summed E-state index contributed by atoms with van der Waals surface area (Å²) in [5, 5.41) is 2.98. The fourth-order valence-corrected chi connectivity index (χ4v) is 2.59. The molecule has 2 heterocycles. The van der Waals surface area contributed by atoms with E-state index in [1.54, 1.807) is 6.20 Å². The van der Waals surface area contributed by atoms with E-state index in [2.05, 4.69) is 36.1 Å². The summed E-state index contributed by atoms with van der Waals surface area (Å²) >= 11 is 3.29. The highest BCUT2D eigenvalue weighted by molar-refractivity contribution is 9.10. The van der Waals surface area contributed by atoms with Crippen molar-refractivity contribution in [2.45, 2.75) is 65.5 Å². The minimum Gasteiger partial charge on any atom is -0.444 e. The first-order valence-electron chi connectivity index (χ1n) is 8.62. The highest BCUT2D eigenvalue weighted by Crippen LogP contribution is 2.26. The molecule has 1 aliphatic heterocycles. The van der Waals surface area contributed by atoms with Crippen LogP contribution >= 0.6 is 15.9 Å². The Labute approximate surface area is 158 Å². The number of carbonyl (C=O) groups is 1. The van der Waals surface area contributed by atoms with Gasteiger partial charge in [0.2, 0.25) is 5.95 Å². The Balaban J connectivity index is 0.00000151. The van der Waals surface area contributed by atoms with Gasteiger partial charge in [-0.25, -0.2) is 9.78 Å². The van der Waals surface area contributed by atoms with Crippen LogP contribution in [0.4, 0.5) is 16.6 Å². The van der Waals surface area contributed by atoms with Crippen molar-refractivity contribution in [3.05, 3.63) is 10.7 Å². The molecule has 0 saturated carbocycles. The minimum atomic E-state index is -0.496. The second-order valence-corrected chi connectivity index (χ2v) is 7.93. The molecule has 0 unspecified atom stereocenters. The third-order valence-corrected chi connectivity index (χ3v) is 4.32. The van der Waals surface area contributed by atoms with Crippen molar-refractivity contribution in [2.75, 3.05) is 23.7 Å². The van der Waals surface area contributed by atoms with Gasteiger partial charge in [-0.1, -0.05) is 13.8 Å². The molecule has 0 bridgehead atoms. The maximum atomic E-state index is 12.0. The zero-order chi connectivity index (χ0) is 19.3. The Morgan fingerprint density at radius 3 is 2.40 bits per heavy atom. The van der Waals surface area contributed by atoms with E-state index in [4.69, 9.17) is 10.5 Å². The third-order valence-electron chi connectivity index (χ3n) is 3.71. The van der Waals surface area contributed by atoms with Crippen molar-refractivity contribution in [1.82, 2.24) is 15.3 Å². The lowest BCUT2D eigenvalue weighted by molar-refractivity contribution is 0.0448. The number of aromatic nitrogens is 2. The minimum absolute atomic E-state index is 0.292. The average molecular weight is 416 g/mol. The number of rotatable bonds is 2. The number of carbonyl (C=O) groups excluding carboxylic acids is 1. The van der Waals surface area contributed by atoms with E-state index in [1.165, 1.54) is 0 Å². The summed E-state index contributed by atoms with van der Waals surface area (Å²) in [4.78, 5) is 22.6. The normalized spacial score (nSPS) is 16.5. The highest BCUT2D eigenvalue weighted by Gasteiger charge is 2.33. The van der Waals surface area contributed by atoms with Crippen LogP contribution in [0.2, 0.25) is 0 Å². The molecule has 8 heteroatoms. The molecule has 142 valence electrons. The van der Waals surface area contributed by atoms with Gasteiger partial charge in [-0.2, -0.15) is 4.98 Å². The molecule has 0 aliphatic carbocycles. The Hall–Kier alpha value is -1.57. The van der Waals surface area contributed by atoms with Gasteiger partial charge in [0.25, 0.3) is 0 Å². The van der Waals surface area contributed by atoms with Gasteiger partial charge >= 0.3 is 6.09 Å². The number of nitrogens with zero attached hydrogens (tertiary/aromatic N) is 3. The topological polar surface area (TPSA) is 93.4 Å². The number of halogens is 1. The van der Waals surface area contributed by atoms with Crippen LogP contribution in [0.5, 0.6) is 0 Å². The number of alkyl carbamates (subject to hydrolysis) is 1. The van der Waals surface area contributed by atoms with E-state index in [1.807, 2.05) is 41.5 Å². The van der Waals surface area contributed by atoms with Crippen molar-refractivity contribution < 1.29 is 9.53 Å². The number of hydrogen-bond acceptors (Lipinski definition) is 6. The predicted octanol–water partition coefficient (Wildman–Crippen LogP) is 3.73. The number of nitrogens with one attached hydrogen (secondary N) is 1. The van der Waals surface area contributed by atoms with Crippen LogP contribution in [0.3, 0.4) is 0 Å². The first kappa shape index (κ1) is 21.5. The van der Waals surface area contributed by atoms with Crippen LogP contribution in [0, 0.1) is 0 Å². The molecule has 0 atom stereocenters. The maximum Gasteiger partial charge on any atom is 0.408 e. The maximum absolute atomic E-state index is 12.0. The summed E-state index contributed by atoms with van der Waals surface area (Å²) < 4.78 is 6.03. The molecule has 1 fully saturated rings. The number of nitrogen functional groups attached to an aromatic ring is 1. The Morgan fingerprint density at radius 2 is 1.92 bits per heavy atom. The SMILES string of the molecule is CC.CC1(NC(=O)OC(C)(C)C)CCN(c2ncc(Br)c(N)n2)CC1. The van der Waals surface area contributed by atoms with Gasteiger partial charge in [0.1, 0.15) is 11.4 Å². The van der Waals surface area contributed by atoms with E-state index in [9.17, 15) is 4.79 Å². The Kier molecular flexibility index (Phi) is 7.46. The number of ether oxygens (including phenoxy) is 1. The third kappa shape index (κ3) is 6.68. The summed E-state index contributed by atoms with van der Waals surface area (Å²) in [6.45, 7) is 13.1. The van der Waals surface area contributed by atoms with Crippen molar-refractivity contribution in [3.8, 4) is 0 Å². The molecule has 2 rings (SSSR count). The molecule has 1 saturated heterocycles. The largest absolute Gasteiger partial charge is 0.444 e. The number of hydrogen-bond donors (Lipinski definition) is 2. The van der Waals surface area contributed by atoms with Crippen LogP contribution < -0.4 is 16.0 Å². The first-order valence-corrected chi connectivity index (χ1v) is 9.41. The van der Waals surface area contributed by atoms with Gasteiger partial charge in [0.15, 0.2) is 0 Å². The van der Waals surface area contributed by atoms with Crippen LogP contribution in [-0.2, 0) is 4.74 Å². The summed E-state index contributed by atoms with van der Waals surface area (Å²) in [7, 11) is 0. The van der Waals surface area contributed by atoms with E-state index < -0.39 is 5.60 Å². The monoisotopic (exact) mass is 415 g/mol. The van der Waals surface area contributed by atoms with Gasteiger partial charge in [-0.3, -0.25) is 0 Å². The zero-order valence-corrected chi connectivity index (χ0v) is 17.6. The molecular weight excluding hydrogens is 386 g/mol.